The van der Waals surface area contributed by atoms with Gasteiger partial charge in [-0.25, -0.2) is 4.39 Å². The van der Waals surface area contributed by atoms with E-state index in [-0.39, 0.29) is 17.4 Å². The third kappa shape index (κ3) is 4.61. The first-order valence-electron chi connectivity index (χ1n) is 8.98. The minimum Gasteiger partial charge on any atom is -0.412 e. The molecular formula is C22H13F4N3O2. The van der Waals surface area contributed by atoms with Gasteiger partial charge in [0.05, 0.1) is 5.56 Å². The molecule has 0 fully saturated rings. The number of carbonyl (C=O) groups excluding carboxylic acids is 1. The molecule has 4 rings (SSSR count). The summed E-state index contributed by atoms with van der Waals surface area (Å²) in [7, 11) is 0. The van der Waals surface area contributed by atoms with Gasteiger partial charge in [-0.15, -0.1) is 10.2 Å². The minimum absolute atomic E-state index is 0.0538. The molecule has 0 aliphatic carbocycles. The highest BCUT2D eigenvalue weighted by atomic mass is 19.4. The Morgan fingerprint density at radius 1 is 0.839 bits per heavy atom. The van der Waals surface area contributed by atoms with Gasteiger partial charge in [0.15, 0.2) is 0 Å². The van der Waals surface area contributed by atoms with Gasteiger partial charge in [-0.05, 0) is 53.6 Å². The molecule has 0 saturated heterocycles. The minimum atomic E-state index is -4.53. The van der Waals surface area contributed by atoms with Crippen molar-refractivity contribution in [1.82, 2.24) is 10.2 Å². The van der Waals surface area contributed by atoms with E-state index in [1.165, 1.54) is 24.3 Å². The lowest BCUT2D eigenvalue weighted by molar-refractivity contribution is -0.137. The molecule has 31 heavy (non-hydrogen) atoms. The summed E-state index contributed by atoms with van der Waals surface area (Å²) < 4.78 is 57.0. The van der Waals surface area contributed by atoms with E-state index in [1.807, 2.05) is 6.07 Å². The van der Waals surface area contributed by atoms with Crippen molar-refractivity contribution in [2.45, 2.75) is 6.18 Å². The molecule has 0 saturated carbocycles. The second-order valence-electron chi connectivity index (χ2n) is 6.53. The summed E-state index contributed by atoms with van der Waals surface area (Å²) in [6.07, 6.45) is -4.53. The van der Waals surface area contributed by atoms with Crippen LogP contribution >= 0.6 is 0 Å². The lowest BCUT2D eigenvalue weighted by Crippen LogP contribution is -2.13. The molecule has 0 atom stereocenters. The third-order valence-electron chi connectivity index (χ3n) is 4.35. The standard InChI is InChI=1S/C22H13F4N3O2/c23-17-9-7-13(8-10-17)14-3-1-4-15(11-14)20-28-29-21(31-20)19(30)27-18-6-2-5-16(12-18)22(24,25)26/h1-12H,(H,27,30). The van der Waals surface area contributed by atoms with E-state index in [2.05, 4.69) is 15.5 Å². The Hall–Kier alpha value is -4.01. The van der Waals surface area contributed by atoms with Crippen LogP contribution in [0, 0.1) is 5.82 Å². The maximum absolute atomic E-state index is 13.1. The fraction of sp³-hybridized carbons (Fsp3) is 0.0455. The van der Waals surface area contributed by atoms with Gasteiger partial charge in [0.25, 0.3) is 0 Å². The van der Waals surface area contributed by atoms with Crippen LogP contribution < -0.4 is 5.32 Å². The highest BCUT2D eigenvalue weighted by Crippen LogP contribution is 2.31. The topological polar surface area (TPSA) is 68.0 Å². The van der Waals surface area contributed by atoms with Gasteiger partial charge in [0.1, 0.15) is 5.82 Å². The summed E-state index contributed by atoms with van der Waals surface area (Å²) in [5.41, 5.74) is 1.11. The van der Waals surface area contributed by atoms with Gasteiger partial charge >= 0.3 is 18.0 Å². The van der Waals surface area contributed by atoms with Gasteiger partial charge < -0.3 is 9.73 Å². The van der Waals surface area contributed by atoms with Crippen molar-refractivity contribution in [3.8, 4) is 22.6 Å². The van der Waals surface area contributed by atoms with E-state index in [0.29, 0.717) is 5.56 Å². The van der Waals surface area contributed by atoms with Crippen LogP contribution in [0.5, 0.6) is 0 Å². The van der Waals surface area contributed by atoms with E-state index >= 15 is 0 Å². The van der Waals surface area contributed by atoms with E-state index in [4.69, 9.17) is 4.42 Å². The normalized spacial score (nSPS) is 11.4. The van der Waals surface area contributed by atoms with Crippen LogP contribution in [0.4, 0.5) is 23.2 Å². The summed E-state index contributed by atoms with van der Waals surface area (Å²) in [6.45, 7) is 0. The van der Waals surface area contributed by atoms with Crippen molar-refractivity contribution >= 4 is 11.6 Å². The van der Waals surface area contributed by atoms with Crippen LogP contribution in [0.25, 0.3) is 22.6 Å². The lowest BCUT2D eigenvalue weighted by atomic mass is 10.0. The summed E-state index contributed by atoms with van der Waals surface area (Å²) >= 11 is 0. The van der Waals surface area contributed by atoms with Crippen LogP contribution in [-0.4, -0.2) is 16.1 Å². The fourth-order valence-corrected chi connectivity index (χ4v) is 2.86. The van der Waals surface area contributed by atoms with Crippen molar-refractivity contribution < 1.29 is 26.8 Å². The summed E-state index contributed by atoms with van der Waals surface area (Å²) in [5.74, 6) is -1.54. The van der Waals surface area contributed by atoms with E-state index in [0.717, 1.165) is 23.3 Å². The van der Waals surface area contributed by atoms with Crippen molar-refractivity contribution in [3.63, 3.8) is 0 Å². The first-order chi connectivity index (χ1) is 14.8. The van der Waals surface area contributed by atoms with Gasteiger partial charge in [-0.3, -0.25) is 4.79 Å². The first kappa shape index (κ1) is 20.3. The van der Waals surface area contributed by atoms with Crippen LogP contribution in [0.1, 0.15) is 16.2 Å². The number of carbonyl (C=O) groups is 1. The summed E-state index contributed by atoms with van der Waals surface area (Å²) in [4.78, 5) is 12.3. The van der Waals surface area contributed by atoms with Crippen molar-refractivity contribution in [2.24, 2.45) is 0 Å². The zero-order valence-electron chi connectivity index (χ0n) is 15.7. The molecule has 1 aromatic heterocycles. The maximum Gasteiger partial charge on any atom is 0.416 e. The number of amides is 1. The fourth-order valence-electron chi connectivity index (χ4n) is 2.86. The largest absolute Gasteiger partial charge is 0.416 e. The number of anilines is 1. The molecule has 156 valence electrons. The third-order valence-corrected chi connectivity index (χ3v) is 4.35. The van der Waals surface area contributed by atoms with Crippen LogP contribution in [0.2, 0.25) is 0 Å². The molecule has 0 aliphatic heterocycles. The Labute approximate surface area is 173 Å². The Bertz CT molecular complexity index is 1230. The number of halogens is 4. The molecule has 5 nitrogen and oxygen atoms in total. The molecule has 0 unspecified atom stereocenters. The van der Waals surface area contributed by atoms with E-state index in [9.17, 15) is 22.4 Å². The summed E-state index contributed by atoms with van der Waals surface area (Å²) in [5, 5.41) is 9.82. The second kappa shape index (κ2) is 8.02. The molecule has 1 heterocycles. The molecule has 0 bridgehead atoms. The van der Waals surface area contributed by atoms with Gasteiger partial charge in [-0.1, -0.05) is 30.3 Å². The number of hydrogen-bond acceptors (Lipinski definition) is 4. The van der Waals surface area contributed by atoms with Crippen molar-refractivity contribution in [2.75, 3.05) is 5.32 Å². The molecule has 0 radical (unpaired) electrons. The Morgan fingerprint density at radius 2 is 1.55 bits per heavy atom. The number of nitrogens with one attached hydrogen (secondary N) is 1. The molecule has 4 aromatic rings. The molecule has 1 N–H and O–H groups in total. The Kier molecular flexibility index (Phi) is 5.24. The highest BCUT2D eigenvalue weighted by Gasteiger charge is 2.30. The van der Waals surface area contributed by atoms with Crippen molar-refractivity contribution in [3.05, 3.63) is 90.1 Å². The average Bonchev–Trinajstić information content (AvgIpc) is 3.25. The number of alkyl halides is 3. The maximum atomic E-state index is 13.1. The molecule has 0 aliphatic rings. The Morgan fingerprint density at radius 3 is 2.29 bits per heavy atom. The average molecular weight is 427 g/mol. The number of hydrogen-bond donors (Lipinski definition) is 1. The van der Waals surface area contributed by atoms with Gasteiger partial charge in [0, 0.05) is 11.3 Å². The second-order valence-corrected chi connectivity index (χ2v) is 6.53. The predicted octanol–water partition coefficient (Wildman–Crippen LogP) is 5.81. The van der Waals surface area contributed by atoms with Gasteiger partial charge in [0.2, 0.25) is 5.89 Å². The SMILES string of the molecule is O=C(Nc1cccc(C(F)(F)F)c1)c1nnc(-c2cccc(-c3ccc(F)cc3)c2)o1. The Balaban J connectivity index is 1.54. The monoisotopic (exact) mass is 427 g/mol. The predicted molar refractivity (Wildman–Crippen MR) is 105 cm³/mol. The van der Waals surface area contributed by atoms with E-state index in [1.54, 1.807) is 30.3 Å². The first-order valence-corrected chi connectivity index (χ1v) is 8.98. The van der Waals surface area contributed by atoms with Gasteiger partial charge in [-0.2, -0.15) is 13.2 Å². The van der Waals surface area contributed by atoms with Crippen molar-refractivity contribution in [1.29, 1.82) is 0 Å². The molecule has 0 spiro atoms. The molecule has 9 heteroatoms. The smallest absolute Gasteiger partial charge is 0.412 e. The zero-order chi connectivity index (χ0) is 22.0. The van der Waals surface area contributed by atoms with Crippen LogP contribution in [0.3, 0.4) is 0 Å². The number of rotatable bonds is 4. The lowest BCUT2D eigenvalue weighted by Gasteiger charge is -2.08. The summed E-state index contributed by atoms with van der Waals surface area (Å²) in [6, 6.07) is 17.1. The number of nitrogens with zero attached hydrogens (tertiary/aromatic N) is 2. The number of benzene rings is 3. The highest BCUT2D eigenvalue weighted by molar-refractivity contribution is 6.01. The quantitative estimate of drug-likeness (QED) is 0.417. The molecule has 3 aromatic carbocycles. The zero-order valence-corrected chi connectivity index (χ0v) is 15.7. The van der Waals surface area contributed by atoms with Crippen LogP contribution in [0.15, 0.2) is 77.2 Å². The number of aromatic nitrogens is 2. The van der Waals surface area contributed by atoms with E-state index < -0.39 is 23.5 Å². The van der Waals surface area contributed by atoms with Crippen LogP contribution in [-0.2, 0) is 6.18 Å². The molecular weight excluding hydrogens is 414 g/mol. The molecule has 1 amide bonds.